The molecule has 0 unspecified atom stereocenters. The molecule has 0 bridgehead atoms. The Hall–Kier alpha value is -2.07. The molecular weight excluding hydrogens is 295 g/mol. The summed E-state index contributed by atoms with van der Waals surface area (Å²) in [7, 11) is 2.82. The van der Waals surface area contributed by atoms with E-state index in [9.17, 15) is 9.18 Å². The van der Waals surface area contributed by atoms with Gasteiger partial charge in [-0.3, -0.25) is 0 Å². The van der Waals surface area contributed by atoms with Crippen LogP contribution in [0, 0.1) is 5.82 Å². The third-order valence-corrected chi connectivity index (χ3v) is 3.42. The molecule has 0 fully saturated rings. The molecule has 0 amide bonds. The normalized spacial score (nSPS) is 10.3. The second-order valence-corrected chi connectivity index (χ2v) is 4.61. The maximum atomic E-state index is 14.0. The van der Waals surface area contributed by atoms with Gasteiger partial charge in [0.05, 0.1) is 19.8 Å². The van der Waals surface area contributed by atoms with Crippen molar-refractivity contribution in [2.75, 3.05) is 14.2 Å². The highest BCUT2D eigenvalue weighted by molar-refractivity contribution is 6.17. The first kappa shape index (κ1) is 15.3. The molecule has 0 aromatic heterocycles. The van der Waals surface area contributed by atoms with Crippen molar-refractivity contribution in [1.29, 1.82) is 0 Å². The molecule has 21 heavy (non-hydrogen) atoms. The number of esters is 1. The minimum absolute atomic E-state index is 0.150. The smallest absolute Gasteiger partial charge is 0.337 e. The zero-order valence-corrected chi connectivity index (χ0v) is 12.4. The van der Waals surface area contributed by atoms with Crippen molar-refractivity contribution in [2.24, 2.45) is 0 Å². The van der Waals surface area contributed by atoms with E-state index >= 15 is 0 Å². The van der Waals surface area contributed by atoms with Gasteiger partial charge in [-0.15, -0.1) is 11.6 Å². The van der Waals surface area contributed by atoms with E-state index in [1.54, 1.807) is 30.3 Å². The van der Waals surface area contributed by atoms with Gasteiger partial charge in [-0.1, -0.05) is 6.07 Å². The van der Waals surface area contributed by atoms with Crippen LogP contribution in [0.15, 0.2) is 36.4 Å². The molecule has 0 aliphatic heterocycles. The van der Waals surface area contributed by atoms with Gasteiger partial charge in [-0.25, -0.2) is 9.18 Å². The van der Waals surface area contributed by atoms with Crippen molar-refractivity contribution in [1.82, 2.24) is 0 Å². The molecule has 110 valence electrons. The highest BCUT2D eigenvalue weighted by Gasteiger charge is 2.14. The molecule has 2 aromatic carbocycles. The summed E-state index contributed by atoms with van der Waals surface area (Å²) in [6.45, 7) is 0. The van der Waals surface area contributed by atoms with Gasteiger partial charge in [0.1, 0.15) is 11.6 Å². The number of methoxy groups -OCH3 is 2. The number of rotatable bonds is 4. The van der Waals surface area contributed by atoms with Crippen LogP contribution in [0.5, 0.6) is 5.75 Å². The third kappa shape index (κ3) is 3.16. The zero-order chi connectivity index (χ0) is 15.4. The predicted octanol–water partition coefficient (Wildman–Crippen LogP) is 4.03. The summed E-state index contributed by atoms with van der Waals surface area (Å²) in [6, 6.07) is 9.31. The number of benzene rings is 2. The van der Waals surface area contributed by atoms with Crippen molar-refractivity contribution in [3.8, 4) is 16.9 Å². The number of carbonyl (C=O) groups is 1. The Balaban J connectivity index is 2.56. The molecule has 0 aliphatic carbocycles. The summed E-state index contributed by atoms with van der Waals surface area (Å²) in [5.41, 5.74) is 2.02. The van der Waals surface area contributed by atoms with Gasteiger partial charge in [0.15, 0.2) is 0 Å². The Kier molecular flexibility index (Phi) is 4.81. The lowest BCUT2D eigenvalue weighted by Crippen LogP contribution is -2.02. The van der Waals surface area contributed by atoms with Gasteiger partial charge < -0.3 is 9.47 Å². The van der Waals surface area contributed by atoms with Crippen LogP contribution >= 0.6 is 11.6 Å². The largest absolute Gasteiger partial charge is 0.497 e. The third-order valence-electron chi connectivity index (χ3n) is 3.13. The van der Waals surface area contributed by atoms with Crippen molar-refractivity contribution in [2.45, 2.75) is 5.88 Å². The van der Waals surface area contributed by atoms with E-state index in [4.69, 9.17) is 16.3 Å². The molecule has 0 heterocycles. The fourth-order valence-corrected chi connectivity index (χ4v) is 2.27. The monoisotopic (exact) mass is 308 g/mol. The second kappa shape index (κ2) is 6.59. The first-order chi connectivity index (χ1) is 10.1. The van der Waals surface area contributed by atoms with Crippen LogP contribution in [0.25, 0.3) is 11.1 Å². The second-order valence-electron chi connectivity index (χ2n) is 4.34. The van der Waals surface area contributed by atoms with Crippen molar-refractivity contribution in [3.63, 3.8) is 0 Å². The summed E-state index contributed by atoms with van der Waals surface area (Å²) in [6.07, 6.45) is 0. The van der Waals surface area contributed by atoms with Crippen LogP contribution in [0.4, 0.5) is 4.39 Å². The minimum Gasteiger partial charge on any atom is -0.497 e. The van der Waals surface area contributed by atoms with Crippen LogP contribution in [-0.2, 0) is 10.6 Å². The SMILES string of the molecule is COC(=O)c1ccc(-c2cc(OC)ccc2F)c(CCl)c1. The van der Waals surface area contributed by atoms with Crippen molar-refractivity contribution < 1.29 is 18.7 Å². The van der Waals surface area contributed by atoms with Crippen LogP contribution in [0.3, 0.4) is 0 Å². The predicted molar refractivity (Wildman–Crippen MR) is 79.3 cm³/mol. The number of ether oxygens (including phenoxy) is 2. The van der Waals surface area contributed by atoms with Gasteiger partial charge in [-0.05, 0) is 41.5 Å². The highest BCUT2D eigenvalue weighted by atomic mass is 35.5. The van der Waals surface area contributed by atoms with Crippen molar-refractivity contribution >= 4 is 17.6 Å². The minimum atomic E-state index is -0.459. The lowest BCUT2D eigenvalue weighted by Gasteiger charge is -2.11. The molecule has 2 aromatic rings. The van der Waals surface area contributed by atoms with Gasteiger partial charge in [0, 0.05) is 11.4 Å². The van der Waals surface area contributed by atoms with Gasteiger partial charge in [0.25, 0.3) is 0 Å². The number of halogens is 2. The maximum Gasteiger partial charge on any atom is 0.337 e. The fraction of sp³-hybridized carbons (Fsp3) is 0.188. The standard InChI is InChI=1S/C16H14ClFO3/c1-20-12-4-6-15(18)14(8-12)13-5-3-10(16(19)21-2)7-11(13)9-17/h3-8H,9H2,1-2H3. The summed E-state index contributed by atoms with van der Waals surface area (Å²) >= 11 is 5.92. The first-order valence-electron chi connectivity index (χ1n) is 6.21. The van der Waals surface area contributed by atoms with E-state index in [2.05, 4.69) is 4.74 Å². The molecule has 0 atom stereocenters. The summed E-state index contributed by atoms with van der Waals surface area (Å²) < 4.78 is 23.8. The molecule has 0 spiro atoms. The quantitative estimate of drug-likeness (QED) is 0.632. The van der Waals surface area contributed by atoms with Crippen LogP contribution in [0.1, 0.15) is 15.9 Å². The lowest BCUT2D eigenvalue weighted by atomic mass is 9.97. The molecule has 0 saturated heterocycles. The van der Waals surface area contributed by atoms with Crippen LogP contribution < -0.4 is 4.74 Å². The van der Waals surface area contributed by atoms with Gasteiger partial charge in [-0.2, -0.15) is 0 Å². The Morgan fingerprint density at radius 1 is 1.14 bits per heavy atom. The highest BCUT2D eigenvalue weighted by Crippen LogP contribution is 2.31. The van der Waals surface area contributed by atoms with Crippen LogP contribution in [-0.4, -0.2) is 20.2 Å². The summed E-state index contributed by atoms with van der Waals surface area (Å²) in [5, 5.41) is 0. The van der Waals surface area contributed by atoms with E-state index in [0.29, 0.717) is 28.0 Å². The fourth-order valence-electron chi connectivity index (χ4n) is 2.05. The van der Waals surface area contributed by atoms with Gasteiger partial charge in [0.2, 0.25) is 0 Å². The number of hydrogen-bond acceptors (Lipinski definition) is 3. The number of hydrogen-bond donors (Lipinski definition) is 0. The molecule has 2 rings (SSSR count). The Morgan fingerprint density at radius 2 is 1.90 bits per heavy atom. The summed E-state index contributed by atoms with van der Waals surface area (Å²) in [4.78, 5) is 11.5. The molecule has 0 N–H and O–H groups in total. The van der Waals surface area contributed by atoms with Crippen LogP contribution in [0.2, 0.25) is 0 Å². The Labute approximate surface area is 127 Å². The van der Waals surface area contributed by atoms with Gasteiger partial charge >= 0.3 is 5.97 Å². The average Bonchev–Trinajstić information content (AvgIpc) is 2.54. The number of alkyl halides is 1. The van der Waals surface area contributed by atoms with Crippen molar-refractivity contribution in [3.05, 3.63) is 53.3 Å². The molecule has 0 radical (unpaired) electrons. The maximum absolute atomic E-state index is 14.0. The molecule has 5 heteroatoms. The van der Waals surface area contributed by atoms with E-state index in [1.165, 1.54) is 20.3 Å². The first-order valence-corrected chi connectivity index (χ1v) is 6.75. The van der Waals surface area contributed by atoms with E-state index in [1.807, 2.05) is 0 Å². The zero-order valence-electron chi connectivity index (χ0n) is 11.7. The summed E-state index contributed by atoms with van der Waals surface area (Å²) in [5.74, 6) is -0.146. The molecule has 3 nitrogen and oxygen atoms in total. The molecule has 0 saturated carbocycles. The number of carbonyl (C=O) groups excluding carboxylic acids is 1. The average molecular weight is 309 g/mol. The topological polar surface area (TPSA) is 35.5 Å². The lowest BCUT2D eigenvalue weighted by molar-refractivity contribution is 0.0600. The molecular formula is C16H14ClFO3. The van der Waals surface area contributed by atoms with E-state index in [0.717, 1.165) is 0 Å². The van der Waals surface area contributed by atoms with E-state index in [-0.39, 0.29) is 11.7 Å². The Morgan fingerprint density at radius 3 is 2.52 bits per heavy atom. The Bertz CT molecular complexity index is 671. The molecule has 0 aliphatic rings. The van der Waals surface area contributed by atoms with E-state index < -0.39 is 5.97 Å².